The Morgan fingerprint density at radius 1 is 1.26 bits per heavy atom. The molecular weight excluding hydrogens is 252 g/mol. The summed E-state index contributed by atoms with van der Waals surface area (Å²) >= 11 is 0. The molecule has 1 atom stereocenters. The Kier molecular flexibility index (Phi) is 4.47. The highest BCUT2D eigenvalue weighted by atomic mass is 19.1. The van der Waals surface area contributed by atoms with E-state index in [4.69, 9.17) is 0 Å². The van der Waals surface area contributed by atoms with Crippen molar-refractivity contribution < 1.29 is 18.7 Å². The smallest absolute Gasteiger partial charge is 0.321 e. The SMILES string of the molecule is O=C(O)C(Cc1ccc(F)cc1F)N1CCCCC1. The van der Waals surface area contributed by atoms with E-state index in [0.29, 0.717) is 0 Å². The number of carboxylic acids is 1. The third-order valence-corrected chi connectivity index (χ3v) is 3.54. The van der Waals surface area contributed by atoms with Crippen LogP contribution in [0, 0.1) is 11.6 Å². The summed E-state index contributed by atoms with van der Waals surface area (Å²) in [7, 11) is 0. The minimum absolute atomic E-state index is 0.0709. The van der Waals surface area contributed by atoms with Gasteiger partial charge in [-0.3, -0.25) is 9.69 Å². The Morgan fingerprint density at radius 2 is 1.95 bits per heavy atom. The van der Waals surface area contributed by atoms with Crippen LogP contribution in [-0.2, 0) is 11.2 Å². The van der Waals surface area contributed by atoms with Crippen LogP contribution < -0.4 is 0 Å². The molecule has 0 radical (unpaired) electrons. The monoisotopic (exact) mass is 269 g/mol. The molecule has 1 unspecified atom stereocenters. The van der Waals surface area contributed by atoms with Crippen LogP contribution >= 0.6 is 0 Å². The van der Waals surface area contributed by atoms with Crippen molar-refractivity contribution in [1.29, 1.82) is 0 Å². The topological polar surface area (TPSA) is 40.5 Å². The lowest BCUT2D eigenvalue weighted by Gasteiger charge is -2.32. The fraction of sp³-hybridized carbons (Fsp3) is 0.500. The third-order valence-electron chi connectivity index (χ3n) is 3.54. The number of halogens is 2. The molecule has 0 amide bonds. The van der Waals surface area contributed by atoms with Crippen LogP contribution in [0.15, 0.2) is 18.2 Å². The molecule has 1 N–H and O–H groups in total. The number of hydrogen-bond acceptors (Lipinski definition) is 2. The molecule has 2 rings (SSSR count). The van der Waals surface area contributed by atoms with Gasteiger partial charge in [0.25, 0.3) is 0 Å². The van der Waals surface area contributed by atoms with E-state index < -0.39 is 23.6 Å². The maximum absolute atomic E-state index is 13.6. The minimum atomic E-state index is -0.953. The van der Waals surface area contributed by atoms with E-state index in [-0.39, 0.29) is 12.0 Å². The minimum Gasteiger partial charge on any atom is -0.480 e. The molecule has 3 nitrogen and oxygen atoms in total. The third kappa shape index (κ3) is 3.50. The Morgan fingerprint density at radius 3 is 2.53 bits per heavy atom. The van der Waals surface area contributed by atoms with Gasteiger partial charge in [0.2, 0.25) is 0 Å². The van der Waals surface area contributed by atoms with Crippen LogP contribution in [0.25, 0.3) is 0 Å². The first-order valence-corrected chi connectivity index (χ1v) is 6.48. The van der Waals surface area contributed by atoms with Crippen molar-refractivity contribution in [3.63, 3.8) is 0 Å². The summed E-state index contributed by atoms with van der Waals surface area (Å²) in [6.45, 7) is 1.44. The summed E-state index contributed by atoms with van der Waals surface area (Å²) in [5, 5.41) is 9.29. The van der Waals surface area contributed by atoms with Gasteiger partial charge in [-0.1, -0.05) is 12.5 Å². The summed E-state index contributed by atoms with van der Waals surface area (Å²) in [5.74, 6) is -2.28. The fourth-order valence-electron chi connectivity index (χ4n) is 2.50. The number of likely N-dealkylation sites (tertiary alicyclic amines) is 1. The lowest BCUT2D eigenvalue weighted by molar-refractivity contribution is -0.143. The zero-order chi connectivity index (χ0) is 13.8. The molecule has 19 heavy (non-hydrogen) atoms. The Bertz CT molecular complexity index is 459. The average Bonchev–Trinajstić information content (AvgIpc) is 2.38. The van der Waals surface area contributed by atoms with Gasteiger partial charge < -0.3 is 5.11 Å². The predicted molar refractivity (Wildman–Crippen MR) is 66.9 cm³/mol. The Hall–Kier alpha value is -1.49. The Balaban J connectivity index is 2.13. The van der Waals surface area contributed by atoms with Gasteiger partial charge in [-0.05, 0) is 37.6 Å². The summed E-state index contributed by atoms with van der Waals surface area (Å²) in [6, 6.07) is 2.54. The number of rotatable bonds is 4. The molecule has 1 aliphatic rings. The number of piperidine rings is 1. The van der Waals surface area contributed by atoms with Crippen molar-refractivity contribution in [2.24, 2.45) is 0 Å². The molecule has 1 saturated heterocycles. The zero-order valence-corrected chi connectivity index (χ0v) is 10.6. The standard InChI is InChI=1S/C14H17F2NO2/c15-11-5-4-10(12(16)9-11)8-13(14(18)19)17-6-2-1-3-7-17/h4-5,9,13H,1-3,6-8H2,(H,18,19). The van der Waals surface area contributed by atoms with Crippen LogP contribution in [0.5, 0.6) is 0 Å². The number of carboxylic acid groups (broad SMARTS) is 1. The highest BCUT2D eigenvalue weighted by Crippen LogP contribution is 2.18. The van der Waals surface area contributed by atoms with E-state index >= 15 is 0 Å². The molecule has 0 saturated carbocycles. The average molecular weight is 269 g/mol. The van der Waals surface area contributed by atoms with Gasteiger partial charge in [-0.15, -0.1) is 0 Å². The van der Waals surface area contributed by atoms with Crippen molar-refractivity contribution in [2.75, 3.05) is 13.1 Å². The van der Waals surface area contributed by atoms with Gasteiger partial charge in [0.05, 0.1) is 0 Å². The van der Waals surface area contributed by atoms with E-state index in [1.807, 2.05) is 4.90 Å². The molecule has 5 heteroatoms. The van der Waals surface area contributed by atoms with Crippen molar-refractivity contribution in [3.05, 3.63) is 35.4 Å². The molecule has 0 spiro atoms. The van der Waals surface area contributed by atoms with Gasteiger partial charge in [0.1, 0.15) is 17.7 Å². The predicted octanol–water partition coefficient (Wildman–Crippen LogP) is 2.45. The van der Waals surface area contributed by atoms with Crippen LogP contribution in [0.2, 0.25) is 0 Å². The molecule has 0 bridgehead atoms. The van der Waals surface area contributed by atoms with Crippen LogP contribution in [-0.4, -0.2) is 35.1 Å². The number of hydrogen-bond donors (Lipinski definition) is 1. The van der Waals surface area contributed by atoms with E-state index in [1.54, 1.807) is 0 Å². The summed E-state index contributed by atoms with van der Waals surface area (Å²) in [4.78, 5) is 13.2. The lowest BCUT2D eigenvalue weighted by atomic mass is 10.0. The number of nitrogens with zero attached hydrogens (tertiary/aromatic N) is 1. The molecule has 1 heterocycles. The largest absolute Gasteiger partial charge is 0.480 e. The highest BCUT2D eigenvalue weighted by Gasteiger charge is 2.27. The molecular formula is C14H17F2NO2. The lowest BCUT2D eigenvalue weighted by Crippen LogP contribution is -2.45. The molecule has 1 aromatic carbocycles. The van der Waals surface area contributed by atoms with Gasteiger partial charge >= 0.3 is 5.97 Å². The second-order valence-electron chi connectivity index (χ2n) is 4.89. The van der Waals surface area contributed by atoms with E-state index in [1.165, 1.54) is 6.07 Å². The molecule has 1 aliphatic heterocycles. The second-order valence-corrected chi connectivity index (χ2v) is 4.89. The molecule has 1 aromatic rings. The van der Waals surface area contributed by atoms with Crippen molar-refractivity contribution in [2.45, 2.75) is 31.7 Å². The van der Waals surface area contributed by atoms with E-state index in [0.717, 1.165) is 44.5 Å². The van der Waals surface area contributed by atoms with E-state index in [9.17, 15) is 18.7 Å². The molecule has 1 fully saturated rings. The van der Waals surface area contributed by atoms with Crippen molar-refractivity contribution >= 4 is 5.97 Å². The number of benzene rings is 1. The number of aliphatic carboxylic acids is 1. The molecule has 104 valence electrons. The van der Waals surface area contributed by atoms with Crippen LogP contribution in [0.3, 0.4) is 0 Å². The first kappa shape index (κ1) is 13.9. The molecule has 0 aliphatic carbocycles. The highest BCUT2D eigenvalue weighted by molar-refractivity contribution is 5.74. The normalized spacial score (nSPS) is 18.2. The maximum Gasteiger partial charge on any atom is 0.321 e. The van der Waals surface area contributed by atoms with Gasteiger partial charge in [-0.2, -0.15) is 0 Å². The first-order valence-electron chi connectivity index (χ1n) is 6.48. The van der Waals surface area contributed by atoms with Gasteiger partial charge in [-0.25, -0.2) is 8.78 Å². The summed E-state index contributed by atoms with van der Waals surface area (Å²) in [5.41, 5.74) is 0.249. The van der Waals surface area contributed by atoms with Crippen molar-refractivity contribution in [3.8, 4) is 0 Å². The van der Waals surface area contributed by atoms with Gasteiger partial charge in [0, 0.05) is 12.5 Å². The summed E-state index contributed by atoms with van der Waals surface area (Å²) in [6.07, 6.45) is 3.11. The fourth-order valence-corrected chi connectivity index (χ4v) is 2.50. The van der Waals surface area contributed by atoms with E-state index in [2.05, 4.69) is 0 Å². The first-order chi connectivity index (χ1) is 9.08. The second kappa shape index (κ2) is 6.10. The van der Waals surface area contributed by atoms with Gasteiger partial charge in [0.15, 0.2) is 0 Å². The summed E-state index contributed by atoms with van der Waals surface area (Å²) < 4.78 is 26.4. The van der Waals surface area contributed by atoms with Crippen LogP contribution in [0.1, 0.15) is 24.8 Å². The Labute approximate surface area is 110 Å². The molecule has 0 aromatic heterocycles. The quantitative estimate of drug-likeness (QED) is 0.912. The number of carbonyl (C=O) groups is 1. The van der Waals surface area contributed by atoms with Crippen molar-refractivity contribution in [1.82, 2.24) is 4.90 Å². The zero-order valence-electron chi connectivity index (χ0n) is 10.6. The maximum atomic E-state index is 13.6. The van der Waals surface area contributed by atoms with Crippen LogP contribution in [0.4, 0.5) is 8.78 Å².